The fraction of sp³-hybridized carbons (Fsp3) is 0.417. The molecular weight excluding hydrogens is 255 g/mol. The van der Waals surface area contributed by atoms with Crippen molar-refractivity contribution in [2.24, 2.45) is 0 Å². The first-order valence-corrected chi connectivity index (χ1v) is 7.43. The van der Waals surface area contributed by atoms with Crippen LogP contribution in [0.15, 0.2) is 18.2 Å². The molecule has 4 nitrogen and oxygen atoms in total. The molecule has 0 radical (unpaired) electrons. The van der Waals surface area contributed by atoms with Crippen LogP contribution in [0.2, 0.25) is 0 Å². The summed E-state index contributed by atoms with van der Waals surface area (Å²) in [5.74, 6) is -0.123. The molecule has 0 bridgehead atoms. The smallest absolute Gasteiger partial charge is 0.152 e. The monoisotopic (exact) mass is 268 g/mol. The Balaban J connectivity index is 2.11. The summed E-state index contributed by atoms with van der Waals surface area (Å²) in [6.45, 7) is 1.28. The molecule has 1 aromatic rings. The maximum atomic E-state index is 13.1. The number of nitriles is 1. The van der Waals surface area contributed by atoms with Crippen molar-refractivity contribution in [1.29, 1.82) is 5.26 Å². The van der Waals surface area contributed by atoms with Crippen LogP contribution in [0, 0.1) is 17.1 Å². The number of sulfone groups is 1. The highest BCUT2D eigenvalue weighted by Crippen LogP contribution is 2.15. The fourth-order valence-corrected chi connectivity index (χ4v) is 3.23. The van der Waals surface area contributed by atoms with Gasteiger partial charge in [-0.15, -0.1) is 0 Å². The second-order valence-electron chi connectivity index (χ2n) is 4.34. The van der Waals surface area contributed by atoms with Crippen molar-refractivity contribution in [1.82, 2.24) is 4.90 Å². The van der Waals surface area contributed by atoms with Crippen LogP contribution in [0.4, 0.5) is 4.39 Å². The average molecular weight is 268 g/mol. The van der Waals surface area contributed by atoms with E-state index < -0.39 is 9.84 Å². The minimum absolute atomic E-state index is 0.129. The highest BCUT2D eigenvalue weighted by atomic mass is 32.2. The molecule has 1 saturated heterocycles. The highest BCUT2D eigenvalue weighted by Gasteiger charge is 2.22. The molecule has 1 aliphatic rings. The van der Waals surface area contributed by atoms with Crippen LogP contribution in [0.1, 0.15) is 11.1 Å². The van der Waals surface area contributed by atoms with Gasteiger partial charge in [-0.1, -0.05) is 0 Å². The molecule has 6 heteroatoms. The van der Waals surface area contributed by atoms with Crippen molar-refractivity contribution in [3.05, 3.63) is 35.1 Å². The lowest BCUT2D eigenvalue weighted by molar-refractivity contribution is 0.287. The number of hydrogen-bond donors (Lipinski definition) is 0. The van der Waals surface area contributed by atoms with Gasteiger partial charge in [0.1, 0.15) is 5.82 Å². The van der Waals surface area contributed by atoms with Gasteiger partial charge in [0.2, 0.25) is 0 Å². The molecule has 0 atom stereocenters. The van der Waals surface area contributed by atoms with Crippen LogP contribution < -0.4 is 0 Å². The number of hydrogen-bond acceptors (Lipinski definition) is 4. The molecule has 0 saturated carbocycles. The van der Waals surface area contributed by atoms with Crippen molar-refractivity contribution in [3.8, 4) is 6.07 Å². The number of nitrogens with zero attached hydrogens (tertiary/aromatic N) is 2. The quantitative estimate of drug-likeness (QED) is 0.800. The minimum Gasteiger partial charge on any atom is -0.297 e. The lowest BCUT2D eigenvalue weighted by Crippen LogP contribution is -2.39. The largest absolute Gasteiger partial charge is 0.297 e. The van der Waals surface area contributed by atoms with Gasteiger partial charge in [0, 0.05) is 19.6 Å². The molecule has 0 aliphatic carbocycles. The third kappa shape index (κ3) is 3.06. The number of rotatable bonds is 2. The molecule has 0 amide bonds. The van der Waals surface area contributed by atoms with E-state index in [1.807, 2.05) is 11.0 Å². The van der Waals surface area contributed by atoms with E-state index in [2.05, 4.69) is 0 Å². The molecule has 1 heterocycles. The predicted molar refractivity (Wildman–Crippen MR) is 65.0 cm³/mol. The number of benzene rings is 1. The molecule has 0 aromatic heterocycles. The molecule has 0 spiro atoms. The maximum Gasteiger partial charge on any atom is 0.152 e. The standard InChI is InChI=1S/C12H13FN2O2S/c13-12-2-1-10(8-14)11(7-12)9-15-3-5-18(16,17)6-4-15/h1-2,7H,3-6,9H2. The summed E-state index contributed by atoms with van der Waals surface area (Å²) in [4.78, 5) is 1.93. The Morgan fingerprint density at radius 3 is 2.61 bits per heavy atom. The Morgan fingerprint density at radius 1 is 1.33 bits per heavy atom. The van der Waals surface area contributed by atoms with E-state index in [1.54, 1.807) is 0 Å². The molecule has 18 heavy (non-hydrogen) atoms. The van der Waals surface area contributed by atoms with E-state index >= 15 is 0 Å². The third-order valence-electron chi connectivity index (χ3n) is 3.02. The van der Waals surface area contributed by atoms with Crippen molar-refractivity contribution in [3.63, 3.8) is 0 Å². The van der Waals surface area contributed by atoms with E-state index in [-0.39, 0.29) is 17.3 Å². The maximum absolute atomic E-state index is 13.1. The summed E-state index contributed by atoms with van der Waals surface area (Å²) in [6.07, 6.45) is 0. The van der Waals surface area contributed by atoms with Crippen LogP contribution >= 0.6 is 0 Å². The Hall–Kier alpha value is -1.45. The first-order valence-electron chi connectivity index (χ1n) is 5.61. The van der Waals surface area contributed by atoms with Crippen molar-refractivity contribution in [2.75, 3.05) is 24.6 Å². The molecule has 2 rings (SSSR count). The summed E-state index contributed by atoms with van der Waals surface area (Å²) in [5.41, 5.74) is 1.04. The lowest BCUT2D eigenvalue weighted by atomic mass is 10.1. The summed E-state index contributed by atoms with van der Waals surface area (Å²) in [5, 5.41) is 8.94. The second-order valence-corrected chi connectivity index (χ2v) is 6.64. The van der Waals surface area contributed by atoms with Gasteiger partial charge in [0.05, 0.1) is 23.1 Å². The second kappa shape index (κ2) is 5.04. The topological polar surface area (TPSA) is 61.2 Å². The normalized spacial score (nSPS) is 19.3. The summed E-state index contributed by atoms with van der Waals surface area (Å²) < 4.78 is 35.7. The Morgan fingerprint density at radius 2 is 2.00 bits per heavy atom. The van der Waals surface area contributed by atoms with Gasteiger partial charge in [-0.3, -0.25) is 4.90 Å². The van der Waals surface area contributed by atoms with E-state index in [9.17, 15) is 12.8 Å². The summed E-state index contributed by atoms with van der Waals surface area (Å²) in [7, 11) is -2.91. The van der Waals surface area contributed by atoms with Gasteiger partial charge in [0.25, 0.3) is 0 Å². The molecule has 1 fully saturated rings. The van der Waals surface area contributed by atoms with Crippen LogP contribution in [-0.2, 0) is 16.4 Å². The molecule has 1 aromatic carbocycles. The van der Waals surface area contributed by atoms with Crippen LogP contribution in [-0.4, -0.2) is 37.9 Å². The molecule has 0 unspecified atom stereocenters. The molecule has 1 aliphatic heterocycles. The SMILES string of the molecule is N#Cc1ccc(F)cc1CN1CCS(=O)(=O)CC1. The van der Waals surface area contributed by atoms with E-state index in [0.29, 0.717) is 30.8 Å². The Labute approximate surface area is 106 Å². The van der Waals surface area contributed by atoms with Gasteiger partial charge < -0.3 is 0 Å². The highest BCUT2D eigenvalue weighted by molar-refractivity contribution is 7.91. The molecule has 0 N–H and O–H groups in total. The van der Waals surface area contributed by atoms with Crippen LogP contribution in [0.25, 0.3) is 0 Å². The van der Waals surface area contributed by atoms with Crippen LogP contribution in [0.5, 0.6) is 0 Å². The van der Waals surface area contributed by atoms with E-state index in [4.69, 9.17) is 5.26 Å². The fourth-order valence-electron chi connectivity index (χ4n) is 1.95. The van der Waals surface area contributed by atoms with Gasteiger partial charge in [-0.05, 0) is 23.8 Å². The summed E-state index contributed by atoms with van der Waals surface area (Å²) in [6, 6.07) is 6.05. The van der Waals surface area contributed by atoms with Gasteiger partial charge in [0.15, 0.2) is 9.84 Å². The lowest BCUT2D eigenvalue weighted by Gasteiger charge is -2.26. The van der Waals surface area contributed by atoms with Gasteiger partial charge in [-0.25, -0.2) is 12.8 Å². The average Bonchev–Trinajstić information content (AvgIpc) is 2.32. The van der Waals surface area contributed by atoms with E-state index in [1.165, 1.54) is 18.2 Å². The summed E-state index contributed by atoms with van der Waals surface area (Å²) >= 11 is 0. The zero-order valence-corrected chi connectivity index (χ0v) is 10.6. The predicted octanol–water partition coefficient (Wildman–Crippen LogP) is 0.928. The van der Waals surface area contributed by atoms with Gasteiger partial charge in [-0.2, -0.15) is 5.26 Å². The minimum atomic E-state index is -2.91. The third-order valence-corrected chi connectivity index (χ3v) is 4.63. The number of halogens is 1. The molecular formula is C12H13FN2O2S. The zero-order chi connectivity index (χ0) is 13.2. The molecule has 96 valence electrons. The first kappa shape index (κ1) is 13.0. The van der Waals surface area contributed by atoms with Crippen LogP contribution in [0.3, 0.4) is 0 Å². The van der Waals surface area contributed by atoms with E-state index in [0.717, 1.165) is 0 Å². The van der Waals surface area contributed by atoms with Crippen molar-refractivity contribution >= 4 is 9.84 Å². The zero-order valence-electron chi connectivity index (χ0n) is 9.76. The van der Waals surface area contributed by atoms with Gasteiger partial charge >= 0.3 is 0 Å². The van der Waals surface area contributed by atoms with Crippen molar-refractivity contribution < 1.29 is 12.8 Å². The Bertz CT molecular complexity index is 579. The first-order chi connectivity index (χ1) is 8.50. The Kier molecular flexibility index (Phi) is 3.64. The van der Waals surface area contributed by atoms with Crippen molar-refractivity contribution in [2.45, 2.75) is 6.54 Å².